The summed E-state index contributed by atoms with van der Waals surface area (Å²) in [5, 5.41) is 10.2. The topological polar surface area (TPSA) is 83.5 Å². The van der Waals surface area contributed by atoms with Gasteiger partial charge in [-0.2, -0.15) is 0 Å². The minimum absolute atomic E-state index is 0.0161. The van der Waals surface area contributed by atoms with E-state index in [1.807, 2.05) is 33.8 Å². The van der Waals surface area contributed by atoms with E-state index in [1.165, 1.54) is 19.2 Å². The molecule has 1 aromatic rings. The molecule has 5 atom stereocenters. The summed E-state index contributed by atoms with van der Waals surface area (Å²) in [5.74, 6) is -0.911. The molecule has 7 nitrogen and oxygen atoms in total. The number of hydrogen-bond acceptors (Lipinski definition) is 7. The lowest BCUT2D eigenvalue weighted by atomic mass is 9.94. The average Bonchev–Trinajstić information content (AvgIpc) is 3.03. The van der Waals surface area contributed by atoms with E-state index in [-0.39, 0.29) is 54.0 Å². The average molecular weight is 447 g/mol. The second-order valence-electron chi connectivity index (χ2n) is 8.95. The quantitative estimate of drug-likeness (QED) is 0.410. The Morgan fingerprint density at radius 3 is 2.56 bits per heavy atom. The van der Waals surface area contributed by atoms with Crippen LogP contribution in [0.1, 0.15) is 57.0 Å². The Morgan fingerprint density at radius 1 is 1.12 bits per heavy atom. The van der Waals surface area contributed by atoms with Gasteiger partial charge in [-0.1, -0.05) is 38.2 Å². The molecule has 0 radical (unpaired) electrons. The molecular weight excluding hydrogens is 412 g/mol. The predicted octanol–water partition coefficient (Wildman–Crippen LogP) is 4.69. The maximum absolute atomic E-state index is 13.1. The second-order valence-corrected chi connectivity index (χ2v) is 8.95. The predicted molar refractivity (Wildman–Crippen MR) is 120 cm³/mol. The van der Waals surface area contributed by atoms with Gasteiger partial charge in [0.05, 0.1) is 12.2 Å². The molecule has 2 heterocycles. The fourth-order valence-corrected chi connectivity index (χ4v) is 3.98. The van der Waals surface area contributed by atoms with Gasteiger partial charge in [0, 0.05) is 25.0 Å². The lowest BCUT2D eigenvalue weighted by Gasteiger charge is -2.23. The number of rotatable bonds is 3. The Labute approximate surface area is 189 Å². The smallest absolute Gasteiger partial charge is 0.342 e. The number of phenolic OH excluding ortho intramolecular Hbond substituents is 1. The number of phenols is 1. The van der Waals surface area contributed by atoms with Crippen molar-refractivity contribution in [3.8, 4) is 11.5 Å². The number of cyclic esters (lactones) is 1. The summed E-state index contributed by atoms with van der Waals surface area (Å²) in [6.07, 6.45) is 7.81. The number of esters is 1. The van der Waals surface area contributed by atoms with Gasteiger partial charge >= 0.3 is 5.97 Å². The van der Waals surface area contributed by atoms with Crippen molar-refractivity contribution in [3.05, 3.63) is 41.5 Å². The summed E-state index contributed by atoms with van der Waals surface area (Å²) in [7, 11) is 1.48. The van der Waals surface area contributed by atoms with Crippen molar-refractivity contribution < 1.29 is 33.6 Å². The third-order valence-electron chi connectivity index (χ3n) is 5.81. The SMILES string of the molecule is COCOc1cc(O)cc2c1C(=O)O[C@@H](C)[C@H](C)/C=C\C(C)C1OC(C)(C)O[C@H]1CC=C2. The molecule has 0 aromatic heterocycles. The van der Waals surface area contributed by atoms with Gasteiger partial charge in [0.2, 0.25) is 0 Å². The molecule has 32 heavy (non-hydrogen) atoms. The summed E-state index contributed by atoms with van der Waals surface area (Å²) >= 11 is 0. The normalized spacial score (nSPS) is 31.2. The standard InChI is InChI=1S/C25H34O7/c1-15-10-11-16(2)23-20(31-25(4,5)32-23)9-7-8-18-12-19(26)13-21(29-14-28-6)22(18)24(27)30-17(15)3/h7-8,10-13,15-17,20,23,26H,9,14H2,1-6H3/b8-7?,11-10-/t15-,16?,17+,20+,23?/m1/s1. The molecule has 2 aliphatic heterocycles. The Hall–Kier alpha value is -2.35. The number of ether oxygens (including phenoxy) is 5. The molecule has 0 bridgehead atoms. The molecular formula is C25H34O7. The van der Waals surface area contributed by atoms with Gasteiger partial charge in [0.1, 0.15) is 23.2 Å². The van der Waals surface area contributed by atoms with Crippen molar-refractivity contribution >= 4 is 12.0 Å². The van der Waals surface area contributed by atoms with Crippen molar-refractivity contribution in [2.45, 2.75) is 65.1 Å². The van der Waals surface area contributed by atoms with Gasteiger partial charge in [-0.3, -0.25) is 0 Å². The Morgan fingerprint density at radius 2 is 1.84 bits per heavy atom. The molecule has 1 N–H and O–H groups in total. The number of fused-ring (bicyclic) bond motifs is 2. The molecule has 1 fully saturated rings. The van der Waals surface area contributed by atoms with Gasteiger partial charge < -0.3 is 28.8 Å². The van der Waals surface area contributed by atoms with Crippen molar-refractivity contribution in [2.24, 2.45) is 11.8 Å². The number of carbonyl (C=O) groups excluding carboxylic acids is 1. The fraction of sp³-hybridized carbons (Fsp3) is 0.560. The summed E-state index contributed by atoms with van der Waals surface area (Å²) in [6, 6.07) is 2.90. The van der Waals surface area contributed by atoms with Crippen molar-refractivity contribution in [1.82, 2.24) is 0 Å². The molecule has 7 heteroatoms. The maximum Gasteiger partial charge on any atom is 0.342 e. The van der Waals surface area contributed by atoms with Gasteiger partial charge in [-0.25, -0.2) is 4.79 Å². The largest absolute Gasteiger partial charge is 0.508 e. The number of benzene rings is 1. The molecule has 2 unspecified atom stereocenters. The molecule has 176 valence electrons. The highest BCUT2D eigenvalue weighted by Gasteiger charge is 2.42. The van der Waals surface area contributed by atoms with E-state index in [4.69, 9.17) is 23.7 Å². The Kier molecular flexibility index (Phi) is 7.64. The second kappa shape index (κ2) is 10.1. The monoisotopic (exact) mass is 446 g/mol. The zero-order chi connectivity index (χ0) is 23.5. The van der Waals surface area contributed by atoms with Crippen LogP contribution in [0.4, 0.5) is 0 Å². The van der Waals surface area contributed by atoms with Gasteiger partial charge in [-0.05, 0) is 38.8 Å². The lowest BCUT2D eigenvalue weighted by molar-refractivity contribution is -0.148. The molecule has 2 aliphatic rings. The van der Waals surface area contributed by atoms with Crippen LogP contribution in [0.2, 0.25) is 0 Å². The van der Waals surface area contributed by atoms with E-state index >= 15 is 0 Å². The van der Waals surface area contributed by atoms with Crippen LogP contribution in [0.25, 0.3) is 6.08 Å². The molecule has 0 aliphatic carbocycles. The summed E-state index contributed by atoms with van der Waals surface area (Å²) < 4.78 is 28.7. The van der Waals surface area contributed by atoms with E-state index in [1.54, 1.807) is 6.08 Å². The van der Waals surface area contributed by atoms with E-state index in [0.29, 0.717) is 12.0 Å². The van der Waals surface area contributed by atoms with Gasteiger partial charge in [-0.15, -0.1) is 0 Å². The van der Waals surface area contributed by atoms with Crippen LogP contribution in [-0.2, 0) is 18.9 Å². The number of methoxy groups -OCH3 is 1. The van der Waals surface area contributed by atoms with Gasteiger partial charge in [0.15, 0.2) is 12.6 Å². The van der Waals surface area contributed by atoms with Crippen LogP contribution in [0.15, 0.2) is 30.4 Å². The van der Waals surface area contributed by atoms with E-state index in [0.717, 1.165) is 0 Å². The molecule has 0 spiro atoms. The first-order valence-corrected chi connectivity index (χ1v) is 11.0. The van der Waals surface area contributed by atoms with Crippen LogP contribution >= 0.6 is 0 Å². The van der Waals surface area contributed by atoms with E-state index in [9.17, 15) is 9.90 Å². The number of aromatic hydroxyl groups is 1. The van der Waals surface area contributed by atoms with Crippen LogP contribution in [0.3, 0.4) is 0 Å². The van der Waals surface area contributed by atoms with Crippen LogP contribution < -0.4 is 4.74 Å². The zero-order valence-electron chi connectivity index (χ0n) is 19.7. The number of carbonyl (C=O) groups is 1. The van der Waals surface area contributed by atoms with Gasteiger partial charge in [0.25, 0.3) is 0 Å². The highest BCUT2D eigenvalue weighted by atomic mass is 16.8. The van der Waals surface area contributed by atoms with E-state index < -0.39 is 11.8 Å². The summed E-state index contributed by atoms with van der Waals surface area (Å²) in [6.45, 7) is 9.72. The van der Waals surface area contributed by atoms with Crippen LogP contribution in [0.5, 0.6) is 11.5 Å². The van der Waals surface area contributed by atoms with E-state index in [2.05, 4.69) is 19.1 Å². The number of hydrogen-bond donors (Lipinski definition) is 1. The first kappa shape index (κ1) is 24.3. The first-order chi connectivity index (χ1) is 15.1. The third-order valence-corrected chi connectivity index (χ3v) is 5.81. The molecule has 1 saturated heterocycles. The Bertz CT molecular complexity index is 873. The molecule has 1 aromatic carbocycles. The Balaban J connectivity index is 2.04. The maximum atomic E-state index is 13.1. The molecule has 0 saturated carbocycles. The molecule has 0 amide bonds. The third kappa shape index (κ3) is 5.71. The summed E-state index contributed by atoms with van der Waals surface area (Å²) in [5.41, 5.74) is 0.737. The van der Waals surface area contributed by atoms with Crippen molar-refractivity contribution in [1.29, 1.82) is 0 Å². The highest BCUT2D eigenvalue weighted by molar-refractivity contribution is 5.97. The highest BCUT2D eigenvalue weighted by Crippen LogP contribution is 2.36. The minimum atomic E-state index is -0.672. The minimum Gasteiger partial charge on any atom is -0.508 e. The van der Waals surface area contributed by atoms with Crippen LogP contribution in [0, 0.1) is 11.8 Å². The zero-order valence-corrected chi connectivity index (χ0v) is 19.7. The summed E-state index contributed by atoms with van der Waals surface area (Å²) in [4.78, 5) is 13.1. The molecule has 3 rings (SSSR count). The lowest BCUT2D eigenvalue weighted by Crippen LogP contribution is -2.29. The fourth-order valence-electron chi connectivity index (χ4n) is 3.98. The van der Waals surface area contributed by atoms with Crippen LogP contribution in [-0.4, -0.2) is 49.1 Å². The first-order valence-electron chi connectivity index (χ1n) is 11.0. The van der Waals surface area contributed by atoms with Crippen molar-refractivity contribution in [2.75, 3.05) is 13.9 Å². The van der Waals surface area contributed by atoms with Crippen molar-refractivity contribution in [3.63, 3.8) is 0 Å².